The van der Waals surface area contributed by atoms with Gasteiger partial charge in [-0.1, -0.05) is 30.3 Å². The zero-order chi connectivity index (χ0) is 18.1. The minimum Gasteiger partial charge on any atom is -0.496 e. The number of hydrogen-bond donors (Lipinski definition) is 2. The van der Waals surface area contributed by atoms with E-state index < -0.39 is 0 Å². The van der Waals surface area contributed by atoms with Gasteiger partial charge in [0.25, 0.3) is 0 Å². The van der Waals surface area contributed by atoms with Crippen LogP contribution in [0.2, 0.25) is 0 Å². The molecule has 0 aliphatic heterocycles. The summed E-state index contributed by atoms with van der Waals surface area (Å²) in [5, 5.41) is 13.9. The van der Waals surface area contributed by atoms with Crippen LogP contribution in [0.4, 0.5) is 5.69 Å². The predicted octanol–water partition coefficient (Wildman–Crippen LogP) is 2.41. The minimum atomic E-state index is -0.347. The lowest BCUT2D eigenvalue weighted by Crippen LogP contribution is -2.24. The monoisotopic (exact) mass is 337 g/mol. The van der Waals surface area contributed by atoms with Crippen molar-refractivity contribution < 1.29 is 14.3 Å². The molecule has 128 valence electrons. The number of carbonyl (C=O) groups excluding carboxylic acids is 2. The van der Waals surface area contributed by atoms with Crippen molar-refractivity contribution >= 4 is 17.5 Å². The summed E-state index contributed by atoms with van der Waals surface area (Å²) in [6.07, 6.45) is 0.0626. The van der Waals surface area contributed by atoms with Gasteiger partial charge in [-0.2, -0.15) is 5.26 Å². The predicted molar refractivity (Wildman–Crippen MR) is 93.8 cm³/mol. The van der Waals surface area contributed by atoms with Gasteiger partial charge in [-0.15, -0.1) is 0 Å². The van der Waals surface area contributed by atoms with Crippen LogP contribution < -0.4 is 15.4 Å². The molecule has 2 rings (SSSR count). The second-order valence-corrected chi connectivity index (χ2v) is 5.35. The number of methoxy groups -OCH3 is 1. The van der Waals surface area contributed by atoms with Crippen LogP contribution in [0.1, 0.15) is 17.5 Å². The van der Waals surface area contributed by atoms with Crippen LogP contribution in [0.25, 0.3) is 0 Å². The van der Waals surface area contributed by atoms with Crippen LogP contribution >= 0.6 is 0 Å². The highest BCUT2D eigenvalue weighted by Crippen LogP contribution is 2.17. The third-order valence-electron chi connectivity index (χ3n) is 3.51. The van der Waals surface area contributed by atoms with Crippen molar-refractivity contribution in [3.63, 3.8) is 0 Å². The van der Waals surface area contributed by atoms with E-state index in [9.17, 15) is 9.59 Å². The molecule has 0 radical (unpaired) electrons. The van der Waals surface area contributed by atoms with Crippen molar-refractivity contribution in [2.24, 2.45) is 0 Å². The van der Waals surface area contributed by atoms with Gasteiger partial charge in [-0.25, -0.2) is 0 Å². The molecule has 6 nitrogen and oxygen atoms in total. The van der Waals surface area contributed by atoms with Crippen molar-refractivity contribution in [2.45, 2.75) is 19.4 Å². The minimum absolute atomic E-state index is 0.101. The summed E-state index contributed by atoms with van der Waals surface area (Å²) in [4.78, 5) is 23.4. The first-order valence-corrected chi connectivity index (χ1v) is 7.76. The van der Waals surface area contributed by atoms with E-state index in [-0.39, 0.29) is 24.7 Å². The molecule has 0 fully saturated rings. The molecule has 0 atom stereocenters. The molecule has 2 aromatic carbocycles. The lowest BCUT2D eigenvalue weighted by Gasteiger charge is -2.09. The summed E-state index contributed by atoms with van der Waals surface area (Å²) in [5.41, 5.74) is 2.36. The third kappa shape index (κ3) is 5.66. The molecule has 0 bridgehead atoms. The van der Waals surface area contributed by atoms with E-state index in [0.717, 1.165) is 11.1 Å². The normalized spacial score (nSPS) is 9.76. The maximum Gasteiger partial charge on any atom is 0.238 e. The van der Waals surface area contributed by atoms with Gasteiger partial charge in [-0.05, 0) is 23.8 Å². The van der Waals surface area contributed by atoms with Gasteiger partial charge in [0.1, 0.15) is 12.2 Å². The number of ether oxygens (including phenoxy) is 1. The molecule has 2 N–H and O–H groups in total. The Kier molecular flexibility index (Phi) is 6.55. The zero-order valence-electron chi connectivity index (χ0n) is 13.9. The Hall–Kier alpha value is -3.33. The second kappa shape index (κ2) is 9.08. The van der Waals surface area contributed by atoms with Crippen LogP contribution in [0.15, 0.2) is 48.5 Å². The molecule has 25 heavy (non-hydrogen) atoms. The summed E-state index contributed by atoms with van der Waals surface area (Å²) in [7, 11) is 1.58. The van der Waals surface area contributed by atoms with E-state index in [1.54, 1.807) is 25.3 Å². The first kappa shape index (κ1) is 18.0. The van der Waals surface area contributed by atoms with E-state index in [1.165, 1.54) is 0 Å². The van der Waals surface area contributed by atoms with Gasteiger partial charge >= 0.3 is 0 Å². The highest BCUT2D eigenvalue weighted by atomic mass is 16.5. The molecule has 0 spiro atoms. The number of benzene rings is 2. The van der Waals surface area contributed by atoms with Gasteiger partial charge in [-0.3, -0.25) is 9.59 Å². The summed E-state index contributed by atoms with van der Waals surface area (Å²) in [6.45, 7) is 0.389. The Bertz CT molecular complexity index is 779. The third-order valence-corrected chi connectivity index (χ3v) is 3.51. The number of nitriles is 1. The van der Waals surface area contributed by atoms with Gasteiger partial charge < -0.3 is 15.4 Å². The maximum absolute atomic E-state index is 12.1. The smallest absolute Gasteiger partial charge is 0.238 e. The number of anilines is 1. The van der Waals surface area contributed by atoms with Crippen molar-refractivity contribution in [1.82, 2.24) is 5.32 Å². The SMILES string of the molecule is COc1ccccc1CC(=O)NCc1ccc(NC(=O)CC#N)cc1. The fourth-order valence-corrected chi connectivity index (χ4v) is 2.27. The summed E-state index contributed by atoms with van der Waals surface area (Å²) < 4.78 is 5.24. The van der Waals surface area contributed by atoms with Crippen LogP contribution in [-0.4, -0.2) is 18.9 Å². The largest absolute Gasteiger partial charge is 0.496 e. The molecule has 2 aromatic rings. The molecule has 0 aliphatic carbocycles. The second-order valence-electron chi connectivity index (χ2n) is 5.35. The van der Waals surface area contributed by atoms with Gasteiger partial charge in [0.05, 0.1) is 19.6 Å². The van der Waals surface area contributed by atoms with Crippen molar-refractivity contribution in [3.8, 4) is 11.8 Å². The van der Waals surface area contributed by atoms with E-state index in [0.29, 0.717) is 18.0 Å². The summed E-state index contributed by atoms with van der Waals surface area (Å²) in [6, 6.07) is 16.3. The molecule has 0 saturated carbocycles. The first-order chi connectivity index (χ1) is 12.1. The molecular formula is C19H19N3O3. The molecule has 0 heterocycles. The number of carbonyl (C=O) groups is 2. The zero-order valence-corrected chi connectivity index (χ0v) is 13.9. The topological polar surface area (TPSA) is 91.2 Å². The standard InChI is InChI=1S/C19H19N3O3/c1-25-17-5-3-2-4-15(17)12-19(24)21-13-14-6-8-16(9-7-14)22-18(23)10-11-20/h2-9H,10,12-13H2,1H3,(H,21,24)(H,22,23). The molecule has 0 aliphatic rings. The lowest BCUT2D eigenvalue weighted by molar-refractivity contribution is -0.120. The quantitative estimate of drug-likeness (QED) is 0.811. The Morgan fingerprint density at radius 3 is 2.48 bits per heavy atom. The van der Waals surface area contributed by atoms with Crippen molar-refractivity contribution in [1.29, 1.82) is 5.26 Å². The number of amides is 2. The highest BCUT2D eigenvalue weighted by molar-refractivity contribution is 5.92. The fourth-order valence-electron chi connectivity index (χ4n) is 2.27. The Labute approximate surface area is 146 Å². The first-order valence-electron chi connectivity index (χ1n) is 7.76. The Balaban J connectivity index is 1.85. The van der Waals surface area contributed by atoms with Gasteiger partial charge in [0, 0.05) is 17.8 Å². The number of rotatable bonds is 7. The summed E-state index contributed by atoms with van der Waals surface area (Å²) >= 11 is 0. The number of nitrogens with one attached hydrogen (secondary N) is 2. The maximum atomic E-state index is 12.1. The van der Waals surface area contributed by atoms with Crippen LogP contribution in [-0.2, 0) is 22.6 Å². The Morgan fingerprint density at radius 1 is 1.08 bits per heavy atom. The van der Waals surface area contributed by atoms with Crippen LogP contribution in [0.3, 0.4) is 0 Å². The molecule has 0 saturated heterocycles. The van der Waals surface area contributed by atoms with E-state index in [2.05, 4.69) is 10.6 Å². The molecular weight excluding hydrogens is 318 g/mol. The van der Waals surface area contributed by atoms with Crippen molar-refractivity contribution in [2.75, 3.05) is 12.4 Å². The van der Waals surface area contributed by atoms with Crippen LogP contribution in [0.5, 0.6) is 5.75 Å². The van der Waals surface area contributed by atoms with E-state index in [4.69, 9.17) is 10.00 Å². The number of nitrogens with zero attached hydrogens (tertiary/aromatic N) is 1. The molecule has 2 amide bonds. The van der Waals surface area contributed by atoms with Gasteiger partial charge in [0.2, 0.25) is 11.8 Å². The van der Waals surface area contributed by atoms with E-state index >= 15 is 0 Å². The van der Waals surface area contributed by atoms with Crippen molar-refractivity contribution in [3.05, 3.63) is 59.7 Å². The molecule has 0 aromatic heterocycles. The lowest BCUT2D eigenvalue weighted by atomic mass is 10.1. The van der Waals surface area contributed by atoms with Crippen LogP contribution in [0, 0.1) is 11.3 Å². The average Bonchev–Trinajstić information content (AvgIpc) is 2.62. The molecule has 6 heteroatoms. The molecule has 0 unspecified atom stereocenters. The highest BCUT2D eigenvalue weighted by Gasteiger charge is 2.08. The number of hydrogen-bond acceptors (Lipinski definition) is 4. The van der Waals surface area contributed by atoms with Gasteiger partial charge in [0.15, 0.2) is 0 Å². The fraction of sp³-hybridized carbons (Fsp3) is 0.211. The summed E-state index contributed by atoms with van der Waals surface area (Å²) in [5.74, 6) is 0.242. The van der Waals surface area contributed by atoms with E-state index in [1.807, 2.05) is 36.4 Å². The average molecular weight is 337 g/mol. The Morgan fingerprint density at radius 2 is 1.80 bits per heavy atom. The number of para-hydroxylation sites is 1.